The molecule has 0 aliphatic heterocycles. The molecule has 0 atom stereocenters. The first-order chi connectivity index (χ1) is 22.7. The molecule has 0 radical (unpaired) electrons. The summed E-state index contributed by atoms with van der Waals surface area (Å²) in [5, 5.41) is 19.1. The van der Waals surface area contributed by atoms with Crippen LogP contribution in [-0.2, 0) is 0 Å². The summed E-state index contributed by atoms with van der Waals surface area (Å²) in [5.41, 5.74) is 8.70. The van der Waals surface area contributed by atoms with Gasteiger partial charge in [0.2, 0.25) is 0 Å². The molecular weight excluding hydrogens is 588 g/mol. The Labute approximate surface area is 272 Å². The van der Waals surface area contributed by atoms with Gasteiger partial charge in [0.15, 0.2) is 0 Å². The molecule has 2 N–H and O–H groups in total. The van der Waals surface area contributed by atoms with Crippen molar-refractivity contribution in [3.8, 4) is 22.8 Å². The topological polar surface area (TPSA) is 117 Å². The fraction of sp³-hybridized carbons (Fsp3) is 0.0513. The van der Waals surface area contributed by atoms with E-state index in [1.807, 2.05) is 24.3 Å². The summed E-state index contributed by atoms with van der Waals surface area (Å²) in [4.78, 5) is 38.9. The van der Waals surface area contributed by atoms with E-state index in [4.69, 9.17) is 0 Å². The van der Waals surface area contributed by atoms with Gasteiger partial charge in [0.1, 0.15) is 0 Å². The highest BCUT2D eigenvalue weighted by molar-refractivity contribution is 5.91. The van der Waals surface area contributed by atoms with E-state index in [1.54, 1.807) is 6.20 Å². The van der Waals surface area contributed by atoms with Gasteiger partial charge in [0.25, 0.3) is 0 Å². The van der Waals surface area contributed by atoms with Crippen molar-refractivity contribution in [2.24, 2.45) is 0 Å². The van der Waals surface area contributed by atoms with Crippen molar-refractivity contribution in [2.45, 2.75) is 13.8 Å². The van der Waals surface area contributed by atoms with Gasteiger partial charge in [0.05, 0.1) is 33.9 Å². The van der Waals surface area contributed by atoms with Crippen molar-refractivity contribution in [2.75, 3.05) is 4.90 Å². The summed E-state index contributed by atoms with van der Waals surface area (Å²) < 4.78 is 0. The van der Waals surface area contributed by atoms with Crippen LogP contribution in [-0.4, -0.2) is 37.1 Å². The number of carboxylic acid groups (broad SMARTS) is 2. The third kappa shape index (κ3) is 7.13. The highest BCUT2D eigenvalue weighted by atomic mass is 16.4. The Balaban J connectivity index is 1.28. The summed E-state index contributed by atoms with van der Waals surface area (Å²) in [5.74, 6) is -2.26. The first kappa shape index (κ1) is 30.6. The molecule has 6 aromatic rings. The molecular formula is C39H30N4O4. The van der Waals surface area contributed by atoms with Crippen LogP contribution in [0.5, 0.6) is 0 Å². The zero-order valence-corrected chi connectivity index (χ0v) is 25.7. The van der Waals surface area contributed by atoms with Gasteiger partial charge < -0.3 is 15.1 Å². The quantitative estimate of drug-likeness (QED) is 0.165. The average molecular weight is 619 g/mol. The minimum Gasteiger partial charge on any atom is -0.478 e. The summed E-state index contributed by atoms with van der Waals surface area (Å²) in [6.07, 6.45) is 6.94. The Hall–Kier alpha value is -6.41. The Morgan fingerprint density at radius 1 is 0.532 bits per heavy atom. The van der Waals surface area contributed by atoms with Crippen molar-refractivity contribution in [1.29, 1.82) is 0 Å². The lowest BCUT2D eigenvalue weighted by molar-refractivity contribution is 0.0686. The van der Waals surface area contributed by atoms with Crippen LogP contribution in [0.4, 0.5) is 17.1 Å². The van der Waals surface area contributed by atoms with Gasteiger partial charge in [-0.25, -0.2) is 14.6 Å². The zero-order chi connectivity index (χ0) is 32.9. The Kier molecular flexibility index (Phi) is 8.66. The predicted octanol–water partition coefficient (Wildman–Crippen LogP) is 8.86. The highest BCUT2D eigenvalue weighted by Crippen LogP contribution is 2.35. The van der Waals surface area contributed by atoms with E-state index < -0.39 is 11.9 Å². The lowest BCUT2D eigenvalue weighted by Crippen LogP contribution is -2.09. The molecule has 3 aromatic carbocycles. The third-order valence-corrected chi connectivity index (χ3v) is 7.59. The van der Waals surface area contributed by atoms with Crippen LogP contribution in [0.25, 0.3) is 34.9 Å². The van der Waals surface area contributed by atoms with E-state index in [2.05, 4.69) is 106 Å². The normalized spacial score (nSPS) is 11.0. The number of hydrogen-bond donors (Lipinski definition) is 2. The van der Waals surface area contributed by atoms with Crippen molar-refractivity contribution >= 4 is 41.2 Å². The number of nitrogens with zero attached hydrogens (tertiary/aromatic N) is 4. The fourth-order valence-corrected chi connectivity index (χ4v) is 5.07. The molecule has 0 saturated heterocycles. The van der Waals surface area contributed by atoms with Gasteiger partial charge in [-0.05, 0) is 97.8 Å². The maximum Gasteiger partial charge on any atom is 0.335 e. The molecule has 3 heterocycles. The van der Waals surface area contributed by atoms with Gasteiger partial charge in [-0.2, -0.15) is 0 Å². The van der Waals surface area contributed by atoms with Crippen molar-refractivity contribution in [3.05, 3.63) is 155 Å². The molecule has 0 amide bonds. The second kappa shape index (κ2) is 13.3. The molecule has 0 saturated carbocycles. The monoisotopic (exact) mass is 618 g/mol. The summed E-state index contributed by atoms with van der Waals surface area (Å²) >= 11 is 0. The summed E-state index contributed by atoms with van der Waals surface area (Å²) in [7, 11) is 0. The summed E-state index contributed by atoms with van der Waals surface area (Å²) in [6, 6.07) is 34.4. The number of carboxylic acids is 2. The van der Waals surface area contributed by atoms with E-state index in [-0.39, 0.29) is 22.5 Å². The zero-order valence-electron chi connectivity index (χ0n) is 25.7. The standard InChI is InChI=1S/C39H30N4O4/c1-25-3-11-31(12-4-25)43(32-13-5-26(2)6-14-32)33-15-9-27(10-16-33)7-8-28-17-19-40-34(21-28)36-23-30(39(46)47)24-37(42-36)35-22-29(38(44)45)18-20-41-35/h3-24H,1-2H3,(H,44,45)(H,46,47)/b8-7+. The molecule has 0 bridgehead atoms. The minimum atomic E-state index is -1.15. The van der Waals surface area contributed by atoms with Crippen LogP contribution in [0.3, 0.4) is 0 Å². The van der Waals surface area contributed by atoms with Gasteiger partial charge in [-0.3, -0.25) is 9.97 Å². The molecule has 3 aromatic heterocycles. The Bertz CT molecular complexity index is 2060. The molecule has 0 aliphatic carbocycles. The lowest BCUT2D eigenvalue weighted by atomic mass is 10.1. The highest BCUT2D eigenvalue weighted by Gasteiger charge is 2.15. The van der Waals surface area contributed by atoms with Gasteiger partial charge in [-0.1, -0.05) is 59.7 Å². The SMILES string of the molecule is Cc1ccc(N(c2ccc(C)cc2)c2ccc(/C=C/c3ccnc(-c4cc(C(=O)O)cc(-c5cc(C(=O)O)ccn5)n4)c3)cc2)cc1. The summed E-state index contributed by atoms with van der Waals surface area (Å²) in [6.45, 7) is 4.16. The molecule has 230 valence electrons. The smallest absolute Gasteiger partial charge is 0.335 e. The van der Waals surface area contributed by atoms with E-state index in [0.29, 0.717) is 11.4 Å². The number of carbonyl (C=O) groups is 2. The number of aromatic nitrogens is 3. The van der Waals surface area contributed by atoms with Gasteiger partial charge >= 0.3 is 11.9 Å². The average Bonchev–Trinajstić information content (AvgIpc) is 3.09. The van der Waals surface area contributed by atoms with E-state index in [9.17, 15) is 19.8 Å². The molecule has 0 spiro atoms. The maximum atomic E-state index is 11.9. The third-order valence-electron chi connectivity index (χ3n) is 7.59. The number of aryl methyl sites for hydroxylation is 2. The number of pyridine rings is 3. The van der Waals surface area contributed by atoms with Gasteiger partial charge in [-0.15, -0.1) is 0 Å². The number of benzene rings is 3. The van der Waals surface area contributed by atoms with Crippen molar-refractivity contribution in [1.82, 2.24) is 15.0 Å². The van der Waals surface area contributed by atoms with Crippen LogP contribution < -0.4 is 4.90 Å². The second-order valence-corrected chi connectivity index (χ2v) is 11.1. The Morgan fingerprint density at radius 2 is 0.979 bits per heavy atom. The molecule has 6 rings (SSSR count). The van der Waals surface area contributed by atoms with Crippen molar-refractivity contribution in [3.63, 3.8) is 0 Å². The van der Waals surface area contributed by atoms with Crippen LogP contribution in [0.15, 0.2) is 122 Å². The number of aromatic carboxylic acids is 2. The molecule has 0 fully saturated rings. The molecule has 8 nitrogen and oxygen atoms in total. The van der Waals surface area contributed by atoms with E-state index >= 15 is 0 Å². The molecule has 0 unspecified atom stereocenters. The maximum absolute atomic E-state index is 11.9. The lowest BCUT2D eigenvalue weighted by Gasteiger charge is -2.25. The predicted molar refractivity (Wildman–Crippen MR) is 184 cm³/mol. The Morgan fingerprint density at radius 3 is 1.51 bits per heavy atom. The first-order valence-corrected chi connectivity index (χ1v) is 14.9. The van der Waals surface area contributed by atoms with Crippen LogP contribution >= 0.6 is 0 Å². The van der Waals surface area contributed by atoms with Crippen molar-refractivity contribution < 1.29 is 19.8 Å². The van der Waals surface area contributed by atoms with Crippen LogP contribution in [0.1, 0.15) is 43.0 Å². The second-order valence-electron chi connectivity index (χ2n) is 11.1. The molecule has 47 heavy (non-hydrogen) atoms. The van der Waals surface area contributed by atoms with Crippen LogP contribution in [0.2, 0.25) is 0 Å². The largest absolute Gasteiger partial charge is 0.478 e. The number of rotatable bonds is 9. The number of hydrogen-bond acceptors (Lipinski definition) is 6. The fourth-order valence-electron chi connectivity index (χ4n) is 5.07. The number of anilines is 3. The molecule has 0 aliphatic rings. The van der Waals surface area contributed by atoms with E-state index in [0.717, 1.165) is 28.2 Å². The van der Waals surface area contributed by atoms with Gasteiger partial charge in [0, 0.05) is 29.5 Å². The van der Waals surface area contributed by atoms with E-state index in [1.165, 1.54) is 41.6 Å². The molecule has 8 heteroatoms. The van der Waals surface area contributed by atoms with Crippen LogP contribution in [0, 0.1) is 13.8 Å². The first-order valence-electron chi connectivity index (χ1n) is 14.9. The minimum absolute atomic E-state index is 0.0133.